The lowest BCUT2D eigenvalue weighted by atomic mass is 9.95. The highest BCUT2D eigenvalue weighted by molar-refractivity contribution is 6.19. The molecule has 2 heterocycles. The van der Waals surface area contributed by atoms with Gasteiger partial charge in [0.05, 0.1) is 11.4 Å². The lowest BCUT2D eigenvalue weighted by molar-refractivity contribution is -0.121. The van der Waals surface area contributed by atoms with Crippen LogP contribution >= 0.6 is 11.6 Å². The molecule has 1 aliphatic heterocycles. The van der Waals surface area contributed by atoms with Crippen molar-refractivity contribution in [3.63, 3.8) is 0 Å². The minimum atomic E-state index is -1.11. The van der Waals surface area contributed by atoms with Gasteiger partial charge < -0.3 is 29.8 Å². The summed E-state index contributed by atoms with van der Waals surface area (Å²) in [5, 5.41) is 16.3. The summed E-state index contributed by atoms with van der Waals surface area (Å²) < 4.78 is 13.4. The molecule has 11 nitrogen and oxygen atoms in total. The van der Waals surface area contributed by atoms with Crippen LogP contribution in [0.4, 0.5) is 21.9 Å². The number of anilines is 3. The number of aryl methyl sites for hydroxylation is 1. The Morgan fingerprint density at radius 3 is 2.23 bits per heavy atom. The molecule has 1 aliphatic rings. The standard InChI is InChI=1S/C35H37ClN4O7/c1-35(2,3)47-34(45)40-18-22(17-36)32-25-11-10-23(14-26(25)29(16-27(32)40)46-20-21-8-6-5-7-9-21)37-30(41)12-13-31(42)38-24-15-28(33(43)44)39(4)19-24/h5-11,14-16,19,22H,12-13,17-18,20H2,1-4H3,(H,37,41)(H,38,42)(H,43,44). The fourth-order valence-electron chi connectivity index (χ4n) is 5.53. The number of nitrogens with zero attached hydrogens (tertiary/aromatic N) is 2. The third-order valence-corrected chi connectivity index (χ3v) is 8.00. The van der Waals surface area contributed by atoms with E-state index in [1.54, 1.807) is 18.0 Å². The number of benzene rings is 3. The summed E-state index contributed by atoms with van der Waals surface area (Å²) in [6, 6.07) is 18.3. The normalized spacial score (nSPS) is 14.1. The number of nitrogens with one attached hydrogen (secondary N) is 2. The van der Waals surface area contributed by atoms with Gasteiger partial charge in [-0.15, -0.1) is 11.6 Å². The van der Waals surface area contributed by atoms with Crippen LogP contribution in [0.5, 0.6) is 5.75 Å². The average molecular weight is 661 g/mol. The molecule has 3 N–H and O–H groups in total. The first kappa shape index (κ1) is 33.3. The zero-order valence-corrected chi connectivity index (χ0v) is 27.4. The highest BCUT2D eigenvalue weighted by Gasteiger charge is 2.37. The van der Waals surface area contributed by atoms with Gasteiger partial charge in [0.15, 0.2) is 0 Å². The fraction of sp³-hybridized carbons (Fsp3) is 0.314. The molecule has 3 amide bonds. The monoisotopic (exact) mass is 660 g/mol. The minimum Gasteiger partial charge on any atom is -0.488 e. The summed E-state index contributed by atoms with van der Waals surface area (Å²) in [6.07, 6.45) is 0.824. The smallest absolute Gasteiger partial charge is 0.414 e. The molecular weight excluding hydrogens is 624 g/mol. The molecule has 47 heavy (non-hydrogen) atoms. The van der Waals surface area contributed by atoms with Crippen molar-refractivity contribution in [1.29, 1.82) is 0 Å². The summed E-state index contributed by atoms with van der Waals surface area (Å²) >= 11 is 6.43. The van der Waals surface area contributed by atoms with Crippen molar-refractivity contribution in [2.45, 2.75) is 51.7 Å². The van der Waals surface area contributed by atoms with Gasteiger partial charge in [0.1, 0.15) is 23.7 Å². The summed E-state index contributed by atoms with van der Waals surface area (Å²) in [5.74, 6) is -1.26. The third-order valence-electron chi connectivity index (χ3n) is 7.63. The van der Waals surface area contributed by atoms with Gasteiger partial charge in [0, 0.05) is 61.6 Å². The average Bonchev–Trinajstić information content (AvgIpc) is 3.58. The van der Waals surface area contributed by atoms with Gasteiger partial charge in [0.2, 0.25) is 11.8 Å². The minimum absolute atomic E-state index is 0.0297. The molecule has 0 aliphatic carbocycles. The number of carbonyl (C=O) groups excluding carboxylic acids is 3. The Hall–Kier alpha value is -5.03. The van der Waals surface area contributed by atoms with E-state index in [1.807, 2.05) is 69.3 Å². The van der Waals surface area contributed by atoms with E-state index in [9.17, 15) is 24.3 Å². The molecule has 5 rings (SSSR count). The van der Waals surface area contributed by atoms with E-state index in [4.69, 9.17) is 21.1 Å². The number of alkyl halides is 1. The van der Waals surface area contributed by atoms with Crippen molar-refractivity contribution >= 4 is 63.3 Å². The second-order valence-electron chi connectivity index (χ2n) is 12.4. The SMILES string of the molecule is Cn1cc(NC(=O)CCC(=O)Nc2ccc3c4c(cc(OCc5ccccc5)c3c2)N(C(=O)OC(C)(C)C)CC4CCl)cc1C(=O)O. The quantitative estimate of drug-likeness (QED) is 0.157. The number of aromatic carboxylic acids is 1. The summed E-state index contributed by atoms with van der Waals surface area (Å²) in [5.41, 5.74) is 2.71. The maximum atomic E-state index is 13.3. The molecule has 1 aromatic heterocycles. The van der Waals surface area contributed by atoms with E-state index in [0.29, 0.717) is 29.4 Å². The van der Waals surface area contributed by atoms with Crippen LogP contribution in [0.3, 0.4) is 0 Å². The van der Waals surface area contributed by atoms with Crippen LogP contribution in [0.2, 0.25) is 0 Å². The number of aromatic nitrogens is 1. The number of rotatable bonds is 10. The largest absolute Gasteiger partial charge is 0.488 e. The van der Waals surface area contributed by atoms with Gasteiger partial charge in [-0.05, 0) is 55.5 Å². The summed E-state index contributed by atoms with van der Waals surface area (Å²) in [6.45, 7) is 6.08. The lowest BCUT2D eigenvalue weighted by Crippen LogP contribution is -2.36. The van der Waals surface area contributed by atoms with Crippen LogP contribution in [0.15, 0.2) is 66.9 Å². The molecule has 0 saturated carbocycles. The molecular formula is C35H37ClN4O7. The first-order valence-electron chi connectivity index (χ1n) is 15.2. The lowest BCUT2D eigenvalue weighted by Gasteiger charge is -2.25. The molecule has 246 valence electrons. The van der Waals surface area contributed by atoms with E-state index >= 15 is 0 Å². The molecule has 3 aromatic carbocycles. The zero-order chi connectivity index (χ0) is 33.9. The highest BCUT2D eigenvalue weighted by Crippen LogP contribution is 2.46. The molecule has 0 spiro atoms. The number of hydrogen-bond acceptors (Lipinski definition) is 6. The number of halogens is 1. The topological polar surface area (TPSA) is 139 Å². The Kier molecular flexibility index (Phi) is 9.76. The first-order chi connectivity index (χ1) is 22.3. The van der Waals surface area contributed by atoms with Crippen LogP contribution in [-0.4, -0.2) is 51.6 Å². The molecule has 4 aromatic rings. The Morgan fingerprint density at radius 2 is 1.62 bits per heavy atom. The summed E-state index contributed by atoms with van der Waals surface area (Å²) in [7, 11) is 1.56. The van der Waals surface area contributed by atoms with Crippen LogP contribution in [-0.2, 0) is 28.0 Å². The maximum absolute atomic E-state index is 13.3. The molecule has 0 radical (unpaired) electrons. The van der Waals surface area contributed by atoms with Crippen molar-refractivity contribution < 1.29 is 33.8 Å². The van der Waals surface area contributed by atoms with Crippen LogP contribution in [0.1, 0.15) is 61.1 Å². The number of hydrogen-bond donors (Lipinski definition) is 3. The molecule has 12 heteroatoms. The third kappa shape index (κ3) is 7.86. The van der Waals surface area contributed by atoms with Crippen molar-refractivity contribution in [3.8, 4) is 5.75 Å². The Bertz CT molecular complexity index is 1830. The van der Waals surface area contributed by atoms with E-state index < -0.39 is 23.6 Å². The predicted molar refractivity (Wildman–Crippen MR) is 181 cm³/mol. The Labute approximate surface area is 277 Å². The van der Waals surface area contributed by atoms with Gasteiger partial charge >= 0.3 is 12.1 Å². The van der Waals surface area contributed by atoms with E-state index in [-0.39, 0.29) is 42.8 Å². The van der Waals surface area contributed by atoms with E-state index in [0.717, 1.165) is 21.9 Å². The molecule has 1 atom stereocenters. The predicted octanol–water partition coefficient (Wildman–Crippen LogP) is 6.89. The molecule has 0 fully saturated rings. The van der Waals surface area contributed by atoms with E-state index in [1.165, 1.54) is 16.8 Å². The molecule has 1 unspecified atom stereocenters. The van der Waals surface area contributed by atoms with Gasteiger partial charge in [-0.2, -0.15) is 0 Å². The van der Waals surface area contributed by atoms with Crippen LogP contribution < -0.4 is 20.3 Å². The maximum Gasteiger partial charge on any atom is 0.414 e. The summed E-state index contributed by atoms with van der Waals surface area (Å²) in [4.78, 5) is 51.5. The molecule has 0 saturated heterocycles. The fourth-order valence-corrected chi connectivity index (χ4v) is 5.78. The number of fused-ring (bicyclic) bond motifs is 3. The van der Waals surface area contributed by atoms with Crippen LogP contribution in [0.25, 0.3) is 10.8 Å². The molecule has 0 bridgehead atoms. The van der Waals surface area contributed by atoms with Gasteiger partial charge in [-0.3, -0.25) is 14.5 Å². The van der Waals surface area contributed by atoms with E-state index in [2.05, 4.69) is 10.6 Å². The van der Waals surface area contributed by atoms with Gasteiger partial charge in [0.25, 0.3) is 0 Å². The van der Waals surface area contributed by atoms with Gasteiger partial charge in [-0.1, -0.05) is 36.4 Å². The first-order valence-corrected chi connectivity index (χ1v) is 15.7. The van der Waals surface area contributed by atoms with Gasteiger partial charge in [-0.25, -0.2) is 9.59 Å². The Morgan fingerprint density at radius 1 is 0.936 bits per heavy atom. The number of carbonyl (C=O) groups is 4. The number of carboxylic acid groups (broad SMARTS) is 1. The second kappa shape index (κ2) is 13.8. The van der Waals surface area contributed by atoms with Crippen molar-refractivity contribution in [2.75, 3.05) is 28.0 Å². The van der Waals surface area contributed by atoms with Crippen molar-refractivity contribution in [2.24, 2.45) is 7.05 Å². The number of amides is 3. The second-order valence-corrected chi connectivity index (χ2v) is 12.7. The Balaban J connectivity index is 1.38. The zero-order valence-electron chi connectivity index (χ0n) is 26.6. The van der Waals surface area contributed by atoms with Crippen molar-refractivity contribution in [1.82, 2.24) is 4.57 Å². The highest BCUT2D eigenvalue weighted by atomic mass is 35.5. The number of ether oxygens (including phenoxy) is 2. The van der Waals surface area contributed by atoms with Crippen LogP contribution in [0, 0.1) is 0 Å². The van der Waals surface area contributed by atoms with Crippen molar-refractivity contribution in [3.05, 3.63) is 83.7 Å². The number of carboxylic acids is 1.